The van der Waals surface area contributed by atoms with Crippen molar-refractivity contribution in [3.8, 4) is 0 Å². The molecule has 6 nitrogen and oxygen atoms in total. The minimum atomic E-state index is -1.08. The molecule has 1 aliphatic rings. The van der Waals surface area contributed by atoms with Crippen LogP contribution in [-0.2, 0) is 14.4 Å². The first kappa shape index (κ1) is 18.3. The molecule has 1 saturated heterocycles. The molecular weight excluding hydrogens is 335 g/mol. The molecule has 0 bridgehead atoms. The second-order valence-corrected chi connectivity index (χ2v) is 6.44. The highest BCUT2D eigenvalue weighted by Crippen LogP contribution is 2.24. The van der Waals surface area contributed by atoms with Crippen LogP contribution in [0.25, 0.3) is 0 Å². The predicted molar refractivity (Wildman–Crippen MR) is 87.8 cm³/mol. The lowest BCUT2D eigenvalue weighted by Crippen LogP contribution is -2.48. The van der Waals surface area contributed by atoms with Crippen molar-refractivity contribution in [2.45, 2.75) is 31.8 Å². The minimum Gasteiger partial charge on any atom is -0.481 e. The van der Waals surface area contributed by atoms with Crippen molar-refractivity contribution in [3.63, 3.8) is 0 Å². The van der Waals surface area contributed by atoms with Crippen LogP contribution in [0.4, 0.5) is 4.39 Å². The smallest absolute Gasteiger partial charge is 0.305 e. The zero-order valence-electron chi connectivity index (χ0n) is 13.2. The maximum absolute atomic E-state index is 13.0. The number of aliphatic carboxylic acids is 1. The molecule has 0 aliphatic carbocycles. The Labute approximate surface area is 143 Å². The Morgan fingerprint density at radius 2 is 2.04 bits per heavy atom. The van der Waals surface area contributed by atoms with E-state index in [9.17, 15) is 18.8 Å². The van der Waals surface area contributed by atoms with Crippen molar-refractivity contribution in [3.05, 3.63) is 35.6 Å². The van der Waals surface area contributed by atoms with Crippen molar-refractivity contribution in [1.82, 2.24) is 10.2 Å². The summed E-state index contributed by atoms with van der Waals surface area (Å²) < 4.78 is 13.0. The first-order chi connectivity index (χ1) is 11.4. The Bertz CT molecular complexity index is 623. The number of carbonyl (C=O) groups is 3. The lowest BCUT2D eigenvalue weighted by molar-refractivity contribution is -0.140. The molecule has 1 aromatic rings. The Kier molecular flexibility index (Phi) is 6.19. The third kappa shape index (κ3) is 4.47. The lowest BCUT2D eigenvalue weighted by Gasteiger charge is -2.25. The summed E-state index contributed by atoms with van der Waals surface area (Å²) in [5, 5.41) is 11.7. The van der Waals surface area contributed by atoms with Crippen molar-refractivity contribution in [1.29, 1.82) is 0 Å². The number of carbonyl (C=O) groups excluding carboxylic acids is 2. The molecule has 1 aliphatic heterocycles. The van der Waals surface area contributed by atoms with E-state index < -0.39 is 29.8 Å². The Morgan fingerprint density at radius 3 is 2.62 bits per heavy atom. The van der Waals surface area contributed by atoms with E-state index in [-0.39, 0.29) is 12.3 Å². The van der Waals surface area contributed by atoms with E-state index in [2.05, 4.69) is 5.32 Å². The summed E-state index contributed by atoms with van der Waals surface area (Å²) in [5.41, 5.74) is 0.506. The predicted octanol–water partition coefficient (Wildman–Crippen LogP) is 1.77. The standard InChI is InChI=1S/C16H19FN2O4S/c1-2-14(20)19-9-24-8-13(19)16(23)18-12(7-15(21)22)10-3-5-11(17)6-4-10/h3-6,12-13H,2,7-9H2,1H3,(H,18,23)(H,21,22). The number of nitrogens with zero attached hydrogens (tertiary/aromatic N) is 1. The summed E-state index contributed by atoms with van der Waals surface area (Å²) in [6.07, 6.45) is -0.0141. The number of benzene rings is 1. The van der Waals surface area contributed by atoms with Crippen molar-refractivity contribution < 1.29 is 23.9 Å². The van der Waals surface area contributed by atoms with Gasteiger partial charge < -0.3 is 15.3 Å². The quantitative estimate of drug-likeness (QED) is 0.813. The zero-order chi connectivity index (χ0) is 17.7. The van der Waals surface area contributed by atoms with E-state index in [0.29, 0.717) is 23.6 Å². The molecule has 2 rings (SSSR count). The van der Waals surface area contributed by atoms with E-state index in [4.69, 9.17) is 5.11 Å². The van der Waals surface area contributed by atoms with Gasteiger partial charge in [0.05, 0.1) is 18.3 Å². The fourth-order valence-corrected chi connectivity index (χ4v) is 3.68. The van der Waals surface area contributed by atoms with Crippen LogP contribution in [0.2, 0.25) is 0 Å². The highest BCUT2D eigenvalue weighted by atomic mass is 32.2. The molecule has 24 heavy (non-hydrogen) atoms. The topological polar surface area (TPSA) is 86.7 Å². The number of hydrogen-bond donors (Lipinski definition) is 2. The molecule has 2 atom stereocenters. The summed E-state index contributed by atoms with van der Waals surface area (Å²) in [5.74, 6) is -1.10. The second-order valence-electron chi connectivity index (χ2n) is 5.44. The summed E-state index contributed by atoms with van der Waals surface area (Å²) in [7, 11) is 0. The van der Waals surface area contributed by atoms with Gasteiger partial charge in [0, 0.05) is 12.2 Å². The van der Waals surface area contributed by atoms with Gasteiger partial charge in [-0.15, -0.1) is 11.8 Å². The Morgan fingerprint density at radius 1 is 1.38 bits per heavy atom. The van der Waals surface area contributed by atoms with Gasteiger partial charge in [0.1, 0.15) is 11.9 Å². The van der Waals surface area contributed by atoms with E-state index in [0.717, 1.165) is 0 Å². The molecule has 1 fully saturated rings. The lowest BCUT2D eigenvalue weighted by atomic mass is 10.0. The van der Waals surface area contributed by atoms with E-state index in [1.165, 1.54) is 40.9 Å². The van der Waals surface area contributed by atoms with Gasteiger partial charge in [0.25, 0.3) is 0 Å². The van der Waals surface area contributed by atoms with Gasteiger partial charge in [-0.1, -0.05) is 19.1 Å². The second kappa shape index (κ2) is 8.14. The van der Waals surface area contributed by atoms with Crippen LogP contribution in [0.3, 0.4) is 0 Å². The molecule has 130 valence electrons. The van der Waals surface area contributed by atoms with Gasteiger partial charge >= 0.3 is 5.97 Å². The van der Waals surface area contributed by atoms with Crippen molar-refractivity contribution in [2.24, 2.45) is 0 Å². The van der Waals surface area contributed by atoms with Crippen LogP contribution in [-0.4, -0.2) is 45.5 Å². The van der Waals surface area contributed by atoms with Crippen LogP contribution in [0.5, 0.6) is 0 Å². The summed E-state index contributed by atoms with van der Waals surface area (Å²) in [6.45, 7) is 1.73. The van der Waals surface area contributed by atoms with Gasteiger partial charge in [-0.3, -0.25) is 14.4 Å². The zero-order valence-corrected chi connectivity index (χ0v) is 14.0. The number of rotatable bonds is 6. The van der Waals surface area contributed by atoms with Gasteiger partial charge in [-0.2, -0.15) is 0 Å². The summed E-state index contributed by atoms with van der Waals surface area (Å²) >= 11 is 1.48. The molecule has 0 aromatic heterocycles. The minimum absolute atomic E-state index is 0.114. The monoisotopic (exact) mass is 354 g/mol. The van der Waals surface area contributed by atoms with Crippen LogP contribution in [0.15, 0.2) is 24.3 Å². The fourth-order valence-electron chi connectivity index (χ4n) is 2.50. The number of hydrogen-bond acceptors (Lipinski definition) is 4. The fraction of sp³-hybridized carbons (Fsp3) is 0.438. The first-order valence-electron chi connectivity index (χ1n) is 7.57. The van der Waals surface area contributed by atoms with E-state index >= 15 is 0 Å². The largest absolute Gasteiger partial charge is 0.481 e. The molecule has 1 aromatic carbocycles. The van der Waals surface area contributed by atoms with Gasteiger partial charge in [-0.05, 0) is 17.7 Å². The van der Waals surface area contributed by atoms with Crippen LogP contribution in [0, 0.1) is 5.82 Å². The normalized spacial score (nSPS) is 18.2. The molecule has 2 unspecified atom stereocenters. The number of nitrogens with one attached hydrogen (secondary N) is 1. The number of halogens is 1. The van der Waals surface area contributed by atoms with Crippen LogP contribution in [0.1, 0.15) is 31.4 Å². The van der Waals surface area contributed by atoms with Crippen molar-refractivity contribution in [2.75, 3.05) is 11.6 Å². The maximum Gasteiger partial charge on any atom is 0.305 e. The van der Waals surface area contributed by atoms with Crippen LogP contribution < -0.4 is 5.32 Å². The Hall–Kier alpha value is -2.09. The van der Waals surface area contributed by atoms with E-state index in [1.807, 2.05) is 0 Å². The average Bonchev–Trinajstić information content (AvgIpc) is 3.03. The number of amides is 2. The van der Waals surface area contributed by atoms with E-state index in [1.54, 1.807) is 6.92 Å². The van der Waals surface area contributed by atoms with Crippen molar-refractivity contribution >= 4 is 29.5 Å². The molecule has 0 spiro atoms. The first-order valence-corrected chi connectivity index (χ1v) is 8.72. The van der Waals surface area contributed by atoms with Gasteiger partial charge in [0.15, 0.2) is 0 Å². The number of carboxylic acids is 1. The average molecular weight is 354 g/mol. The molecule has 2 amide bonds. The molecule has 2 N–H and O–H groups in total. The molecule has 8 heteroatoms. The SMILES string of the molecule is CCC(=O)N1CSCC1C(=O)NC(CC(=O)O)c1ccc(F)cc1. The number of thioether (sulfide) groups is 1. The molecule has 0 radical (unpaired) electrons. The third-order valence-electron chi connectivity index (χ3n) is 3.78. The summed E-state index contributed by atoms with van der Waals surface area (Å²) in [6, 6.07) is 3.94. The summed E-state index contributed by atoms with van der Waals surface area (Å²) in [4.78, 5) is 37.0. The number of carboxylic acid groups (broad SMARTS) is 1. The highest BCUT2D eigenvalue weighted by Gasteiger charge is 2.35. The Balaban J connectivity index is 2.13. The van der Waals surface area contributed by atoms with Gasteiger partial charge in [-0.25, -0.2) is 4.39 Å². The molecule has 0 saturated carbocycles. The highest BCUT2D eigenvalue weighted by molar-refractivity contribution is 7.99. The maximum atomic E-state index is 13.0. The third-order valence-corrected chi connectivity index (χ3v) is 4.79. The molecular formula is C16H19FN2O4S. The van der Waals surface area contributed by atoms with Gasteiger partial charge in [0.2, 0.25) is 11.8 Å². The molecule has 1 heterocycles. The van der Waals surface area contributed by atoms with Crippen LogP contribution >= 0.6 is 11.8 Å².